The van der Waals surface area contributed by atoms with E-state index in [1.54, 1.807) is 6.92 Å². The molecule has 94 valence electrons. The monoisotopic (exact) mass is 250 g/mol. The Hall–Kier alpha value is -1.86. The molecular formula is C9H9F3N2O3. The summed E-state index contributed by atoms with van der Waals surface area (Å²) in [7, 11) is 1.10. The molecule has 0 radical (unpaired) electrons. The molecule has 0 saturated heterocycles. The summed E-state index contributed by atoms with van der Waals surface area (Å²) in [5.74, 6) is -2.67. The molecule has 0 aliphatic rings. The molecule has 1 aromatic heterocycles. The van der Waals surface area contributed by atoms with Gasteiger partial charge in [-0.1, -0.05) is 0 Å². The van der Waals surface area contributed by atoms with Gasteiger partial charge in [0.05, 0.1) is 13.7 Å². The van der Waals surface area contributed by atoms with Crippen LogP contribution in [0.4, 0.5) is 13.2 Å². The van der Waals surface area contributed by atoms with Gasteiger partial charge in [-0.15, -0.1) is 0 Å². The summed E-state index contributed by atoms with van der Waals surface area (Å²) in [5.41, 5.74) is -0.248. The Bertz CT molecular complexity index is 420. The van der Waals surface area contributed by atoms with E-state index in [2.05, 4.69) is 19.4 Å². The van der Waals surface area contributed by atoms with E-state index in [0.29, 0.717) is 0 Å². The fourth-order valence-electron chi connectivity index (χ4n) is 1.01. The van der Waals surface area contributed by atoms with Crippen molar-refractivity contribution in [3.05, 3.63) is 17.6 Å². The van der Waals surface area contributed by atoms with Crippen molar-refractivity contribution in [2.24, 2.45) is 0 Å². The summed E-state index contributed by atoms with van der Waals surface area (Å²) in [6.45, 7) is 1.65. The van der Waals surface area contributed by atoms with Crippen LogP contribution in [0.5, 0.6) is 5.88 Å². The van der Waals surface area contributed by atoms with E-state index in [4.69, 9.17) is 0 Å². The Labute approximate surface area is 94.6 Å². The molecule has 17 heavy (non-hydrogen) atoms. The van der Waals surface area contributed by atoms with Gasteiger partial charge in [0.15, 0.2) is 0 Å². The van der Waals surface area contributed by atoms with Gasteiger partial charge in [0, 0.05) is 6.20 Å². The quantitative estimate of drug-likeness (QED) is 0.764. The lowest BCUT2D eigenvalue weighted by atomic mass is 10.3. The molecular weight excluding hydrogens is 241 g/mol. The van der Waals surface area contributed by atoms with Crippen molar-refractivity contribution in [3.63, 3.8) is 0 Å². The average molecular weight is 250 g/mol. The number of rotatable bonds is 3. The molecule has 1 rings (SSSR count). The largest absolute Gasteiger partial charge is 0.480 e. The molecule has 0 fully saturated rings. The van der Waals surface area contributed by atoms with Crippen LogP contribution in [0.15, 0.2) is 6.20 Å². The SMILES string of the molecule is CCOC(=O)c1cnc(C(F)(F)F)nc1OC. The van der Waals surface area contributed by atoms with Crippen molar-refractivity contribution in [2.45, 2.75) is 13.1 Å². The number of aromatic nitrogens is 2. The average Bonchev–Trinajstić information content (AvgIpc) is 2.27. The zero-order valence-corrected chi connectivity index (χ0v) is 9.04. The van der Waals surface area contributed by atoms with Crippen molar-refractivity contribution < 1.29 is 27.4 Å². The van der Waals surface area contributed by atoms with Crippen LogP contribution in [-0.4, -0.2) is 29.7 Å². The van der Waals surface area contributed by atoms with Gasteiger partial charge in [0.1, 0.15) is 5.56 Å². The second-order valence-corrected chi connectivity index (χ2v) is 2.83. The minimum Gasteiger partial charge on any atom is -0.480 e. The Morgan fingerprint density at radius 1 is 1.47 bits per heavy atom. The smallest absolute Gasteiger partial charge is 0.451 e. The molecule has 0 saturated carbocycles. The maximum Gasteiger partial charge on any atom is 0.451 e. The summed E-state index contributed by atoms with van der Waals surface area (Å²) in [6, 6.07) is 0. The molecule has 0 unspecified atom stereocenters. The first-order chi connectivity index (χ1) is 7.90. The molecule has 0 aliphatic carbocycles. The minimum absolute atomic E-state index is 0.0863. The van der Waals surface area contributed by atoms with Gasteiger partial charge in [-0.05, 0) is 6.92 Å². The van der Waals surface area contributed by atoms with Gasteiger partial charge in [-0.3, -0.25) is 0 Å². The van der Waals surface area contributed by atoms with Crippen LogP contribution >= 0.6 is 0 Å². The predicted octanol–water partition coefficient (Wildman–Crippen LogP) is 1.68. The predicted molar refractivity (Wildman–Crippen MR) is 49.5 cm³/mol. The Kier molecular flexibility index (Phi) is 3.87. The number of hydrogen-bond donors (Lipinski definition) is 0. The lowest BCUT2D eigenvalue weighted by Gasteiger charge is -2.09. The first-order valence-electron chi connectivity index (χ1n) is 4.55. The van der Waals surface area contributed by atoms with E-state index >= 15 is 0 Å². The highest BCUT2D eigenvalue weighted by Crippen LogP contribution is 2.28. The van der Waals surface area contributed by atoms with E-state index in [9.17, 15) is 18.0 Å². The van der Waals surface area contributed by atoms with Crippen molar-refractivity contribution in [3.8, 4) is 5.88 Å². The lowest BCUT2D eigenvalue weighted by molar-refractivity contribution is -0.145. The van der Waals surface area contributed by atoms with E-state index < -0.39 is 23.8 Å². The number of hydrogen-bond acceptors (Lipinski definition) is 5. The first-order valence-corrected chi connectivity index (χ1v) is 4.55. The summed E-state index contributed by atoms with van der Waals surface area (Å²) < 4.78 is 46.1. The summed E-state index contributed by atoms with van der Waals surface area (Å²) in [6.07, 6.45) is -3.97. The van der Waals surface area contributed by atoms with Crippen LogP contribution in [0.25, 0.3) is 0 Å². The molecule has 8 heteroatoms. The van der Waals surface area contributed by atoms with Crippen LogP contribution < -0.4 is 4.74 Å². The van der Waals surface area contributed by atoms with Crippen molar-refractivity contribution in [2.75, 3.05) is 13.7 Å². The van der Waals surface area contributed by atoms with Gasteiger partial charge in [0.2, 0.25) is 11.7 Å². The third kappa shape index (κ3) is 3.05. The first kappa shape index (κ1) is 13.2. The molecule has 0 N–H and O–H groups in total. The molecule has 0 aliphatic heterocycles. The van der Waals surface area contributed by atoms with Gasteiger partial charge in [0.25, 0.3) is 0 Å². The van der Waals surface area contributed by atoms with E-state index in [1.807, 2.05) is 0 Å². The van der Waals surface area contributed by atoms with Gasteiger partial charge >= 0.3 is 12.1 Å². The number of methoxy groups -OCH3 is 1. The normalized spacial score (nSPS) is 11.1. The van der Waals surface area contributed by atoms with E-state index in [0.717, 1.165) is 13.3 Å². The maximum absolute atomic E-state index is 12.3. The van der Waals surface area contributed by atoms with Crippen LogP contribution in [0.3, 0.4) is 0 Å². The number of esters is 1. The highest BCUT2D eigenvalue weighted by Gasteiger charge is 2.36. The van der Waals surface area contributed by atoms with E-state index in [1.165, 1.54) is 0 Å². The highest BCUT2D eigenvalue weighted by atomic mass is 19.4. The fraction of sp³-hybridized carbons (Fsp3) is 0.444. The number of alkyl halides is 3. The second kappa shape index (κ2) is 4.98. The summed E-state index contributed by atoms with van der Waals surface area (Å²) in [4.78, 5) is 17.5. The molecule has 0 amide bonds. The number of nitrogens with zero attached hydrogens (tertiary/aromatic N) is 2. The summed E-state index contributed by atoms with van der Waals surface area (Å²) in [5, 5.41) is 0. The zero-order chi connectivity index (χ0) is 13.1. The number of carbonyl (C=O) groups excluding carboxylic acids is 1. The summed E-state index contributed by atoms with van der Waals surface area (Å²) >= 11 is 0. The number of carbonyl (C=O) groups is 1. The topological polar surface area (TPSA) is 61.3 Å². The Morgan fingerprint density at radius 3 is 2.59 bits per heavy atom. The molecule has 0 aromatic carbocycles. The number of halogens is 3. The van der Waals surface area contributed by atoms with Gasteiger partial charge in [-0.2, -0.15) is 18.2 Å². The third-order valence-electron chi connectivity index (χ3n) is 1.70. The number of ether oxygens (including phenoxy) is 2. The fourth-order valence-corrected chi connectivity index (χ4v) is 1.01. The van der Waals surface area contributed by atoms with Crippen molar-refractivity contribution in [1.82, 2.24) is 9.97 Å². The highest BCUT2D eigenvalue weighted by molar-refractivity contribution is 5.91. The molecule has 0 bridgehead atoms. The Balaban J connectivity index is 3.14. The molecule has 1 heterocycles. The lowest BCUT2D eigenvalue weighted by Crippen LogP contribution is -2.15. The third-order valence-corrected chi connectivity index (χ3v) is 1.70. The van der Waals surface area contributed by atoms with Gasteiger partial charge < -0.3 is 9.47 Å². The molecule has 0 spiro atoms. The molecule has 1 aromatic rings. The van der Waals surface area contributed by atoms with E-state index in [-0.39, 0.29) is 12.2 Å². The van der Waals surface area contributed by atoms with Gasteiger partial charge in [-0.25, -0.2) is 9.78 Å². The maximum atomic E-state index is 12.3. The molecule has 0 atom stereocenters. The zero-order valence-electron chi connectivity index (χ0n) is 9.04. The Morgan fingerprint density at radius 2 is 2.12 bits per heavy atom. The van der Waals surface area contributed by atoms with Crippen LogP contribution in [0, 0.1) is 0 Å². The van der Waals surface area contributed by atoms with Crippen molar-refractivity contribution >= 4 is 5.97 Å². The molecule has 5 nitrogen and oxygen atoms in total. The van der Waals surface area contributed by atoms with Crippen LogP contribution in [-0.2, 0) is 10.9 Å². The van der Waals surface area contributed by atoms with Crippen molar-refractivity contribution in [1.29, 1.82) is 0 Å². The minimum atomic E-state index is -4.69. The van der Waals surface area contributed by atoms with Crippen LogP contribution in [0.1, 0.15) is 23.1 Å². The second-order valence-electron chi connectivity index (χ2n) is 2.83. The van der Waals surface area contributed by atoms with Crippen LogP contribution in [0.2, 0.25) is 0 Å². The standard InChI is InChI=1S/C9H9F3N2O3/c1-3-17-7(15)5-4-13-8(9(10,11)12)14-6(5)16-2/h4H,3H2,1-2H3.